The quantitative estimate of drug-likeness (QED) is 0.364. The van der Waals surface area contributed by atoms with E-state index in [2.05, 4.69) is 17.1 Å². The first-order chi connectivity index (χ1) is 15.2. The van der Waals surface area contributed by atoms with Crippen molar-refractivity contribution in [2.24, 2.45) is 0 Å². The van der Waals surface area contributed by atoms with Crippen molar-refractivity contribution in [2.75, 3.05) is 12.3 Å². The Kier molecular flexibility index (Phi) is 8.33. The Labute approximate surface area is 196 Å². The van der Waals surface area contributed by atoms with Gasteiger partial charge in [0.15, 0.2) is 10.0 Å². The number of rotatable bonds is 11. The second-order valence-corrected chi connectivity index (χ2v) is 10.2. The molecule has 2 heterocycles. The molecular formula is C23H28N2O5S2. The van der Waals surface area contributed by atoms with E-state index in [0.717, 1.165) is 6.42 Å². The summed E-state index contributed by atoms with van der Waals surface area (Å²) in [5.74, 6) is -0.469. The van der Waals surface area contributed by atoms with E-state index in [1.165, 1.54) is 34.0 Å². The second-order valence-electron chi connectivity index (χ2n) is 8.04. The molecule has 1 fully saturated rings. The SMILES string of the molecule is C[C@@H]1OC(=O)N(CCSc2nc(C(=O)O)cs2)[C@H]1C=CCC(C)(O)CCc1ccccc1. The minimum absolute atomic E-state index is 0.0341. The fourth-order valence-corrected chi connectivity index (χ4v) is 5.26. The molecule has 1 aromatic carbocycles. The zero-order chi connectivity index (χ0) is 23.1. The highest BCUT2D eigenvalue weighted by atomic mass is 32.2. The Morgan fingerprint density at radius 3 is 2.81 bits per heavy atom. The lowest BCUT2D eigenvalue weighted by Gasteiger charge is -2.23. The van der Waals surface area contributed by atoms with Crippen molar-refractivity contribution in [1.29, 1.82) is 0 Å². The Morgan fingerprint density at radius 2 is 2.12 bits per heavy atom. The lowest BCUT2D eigenvalue weighted by molar-refractivity contribution is 0.0541. The smallest absolute Gasteiger partial charge is 0.410 e. The van der Waals surface area contributed by atoms with Gasteiger partial charge in [0.25, 0.3) is 0 Å². The highest BCUT2D eigenvalue weighted by Crippen LogP contribution is 2.26. The number of carbonyl (C=O) groups excluding carboxylic acids is 1. The van der Waals surface area contributed by atoms with Crippen molar-refractivity contribution in [3.63, 3.8) is 0 Å². The van der Waals surface area contributed by atoms with Gasteiger partial charge in [-0.15, -0.1) is 11.3 Å². The zero-order valence-corrected chi connectivity index (χ0v) is 19.8. The molecule has 32 heavy (non-hydrogen) atoms. The van der Waals surface area contributed by atoms with Gasteiger partial charge in [-0.2, -0.15) is 0 Å². The van der Waals surface area contributed by atoms with Crippen LogP contribution in [0.4, 0.5) is 4.79 Å². The molecule has 1 aliphatic heterocycles. The number of ether oxygens (including phenoxy) is 1. The molecule has 2 N–H and O–H groups in total. The Bertz CT molecular complexity index is 945. The standard InChI is InChI=1S/C23H28N2O5S2/c1-16-19(9-6-11-23(2,29)12-10-17-7-4-3-5-8-17)25(22(28)30-16)13-14-31-21-24-18(15-32-21)20(26)27/h3-9,15-16,19,29H,10-14H2,1-2H3,(H,26,27)/t16-,19-,23?/m0/s1. The molecule has 7 nitrogen and oxygen atoms in total. The lowest BCUT2D eigenvalue weighted by Crippen LogP contribution is -2.36. The van der Waals surface area contributed by atoms with Crippen molar-refractivity contribution in [2.45, 2.75) is 55.2 Å². The summed E-state index contributed by atoms with van der Waals surface area (Å²) in [6.45, 7) is 4.14. The van der Waals surface area contributed by atoms with Gasteiger partial charge in [-0.1, -0.05) is 54.2 Å². The van der Waals surface area contributed by atoms with Gasteiger partial charge < -0.3 is 14.9 Å². The molecule has 0 saturated carbocycles. The molecule has 0 radical (unpaired) electrons. The summed E-state index contributed by atoms with van der Waals surface area (Å²) in [5.41, 5.74) is 0.387. The molecule has 172 valence electrons. The maximum Gasteiger partial charge on any atom is 0.410 e. The van der Waals surface area contributed by atoms with Crippen LogP contribution in [0.15, 0.2) is 52.2 Å². The van der Waals surface area contributed by atoms with E-state index in [-0.39, 0.29) is 23.9 Å². The summed E-state index contributed by atoms with van der Waals surface area (Å²) in [5, 5.41) is 21.2. The number of amides is 1. The van der Waals surface area contributed by atoms with Crippen LogP contribution < -0.4 is 0 Å². The van der Waals surface area contributed by atoms with E-state index in [1.807, 2.05) is 44.2 Å². The molecule has 1 unspecified atom stereocenters. The third-order valence-corrected chi connectivity index (χ3v) is 7.31. The number of carbonyl (C=O) groups is 2. The van der Waals surface area contributed by atoms with Crippen LogP contribution in [0.1, 0.15) is 42.7 Å². The predicted octanol–water partition coefficient (Wildman–Crippen LogP) is 4.47. The number of aliphatic hydroxyl groups is 1. The Morgan fingerprint density at radius 1 is 1.38 bits per heavy atom. The average Bonchev–Trinajstić information content (AvgIpc) is 3.33. The van der Waals surface area contributed by atoms with Gasteiger partial charge in [-0.05, 0) is 38.7 Å². The number of cyclic esters (lactones) is 1. The van der Waals surface area contributed by atoms with Crippen LogP contribution in [0.25, 0.3) is 0 Å². The van der Waals surface area contributed by atoms with Crippen molar-refractivity contribution in [1.82, 2.24) is 9.88 Å². The first-order valence-corrected chi connectivity index (χ1v) is 12.3. The highest BCUT2D eigenvalue weighted by Gasteiger charge is 2.37. The summed E-state index contributed by atoms with van der Waals surface area (Å²) < 4.78 is 6.04. The largest absolute Gasteiger partial charge is 0.476 e. The third kappa shape index (κ3) is 6.82. The van der Waals surface area contributed by atoms with Crippen molar-refractivity contribution in [3.05, 3.63) is 59.1 Å². The van der Waals surface area contributed by atoms with Gasteiger partial charge in [-0.25, -0.2) is 14.6 Å². The van der Waals surface area contributed by atoms with Gasteiger partial charge in [0.2, 0.25) is 0 Å². The maximum absolute atomic E-state index is 12.3. The van der Waals surface area contributed by atoms with Gasteiger partial charge in [0, 0.05) is 17.7 Å². The molecule has 1 saturated heterocycles. The van der Waals surface area contributed by atoms with Crippen LogP contribution in [0.3, 0.4) is 0 Å². The molecule has 3 rings (SSSR count). The van der Waals surface area contributed by atoms with E-state index in [9.17, 15) is 14.7 Å². The first-order valence-electron chi connectivity index (χ1n) is 10.5. The van der Waals surface area contributed by atoms with Crippen LogP contribution in [0.5, 0.6) is 0 Å². The lowest BCUT2D eigenvalue weighted by atomic mass is 9.93. The van der Waals surface area contributed by atoms with Crippen LogP contribution in [-0.2, 0) is 11.2 Å². The van der Waals surface area contributed by atoms with Crippen LogP contribution in [0.2, 0.25) is 0 Å². The summed E-state index contributed by atoms with van der Waals surface area (Å²) in [7, 11) is 0. The number of carboxylic acid groups (broad SMARTS) is 1. The number of thiazole rings is 1. The molecule has 0 spiro atoms. The van der Waals surface area contributed by atoms with Crippen molar-refractivity contribution in [3.8, 4) is 0 Å². The number of aromatic carboxylic acids is 1. The molecule has 1 aliphatic rings. The van der Waals surface area contributed by atoms with Crippen molar-refractivity contribution < 1.29 is 24.5 Å². The van der Waals surface area contributed by atoms with Gasteiger partial charge in [0.05, 0.1) is 11.6 Å². The summed E-state index contributed by atoms with van der Waals surface area (Å²) >= 11 is 2.69. The summed E-state index contributed by atoms with van der Waals surface area (Å²) in [6, 6.07) is 9.87. The number of carboxylic acids is 1. The topological polar surface area (TPSA) is 100.0 Å². The number of aryl methyl sites for hydroxylation is 1. The van der Waals surface area contributed by atoms with E-state index in [0.29, 0.717) is 29.5 Å². The number of nitrogens with zero attached hydrogens (tertiary/aromatic N) is 2. The molecule has 0 aliphatic carbocycles. The molecular weight excluding hydrogens is 448 g/mol. The molecule has 3 atom stereocenters. The molecule has 0 bridgehead atoms. The summed E-state index contributed by atoms with van der Waals surface area (Å²) in [4.78, 5) is 28.9. The average molecular weight is 477 g/mol. The normalized spacial score (nSPS) is 20.5. The van der Waals surface area contributed by atoms with Crippen LogP contribution >= 0.6 is 23.1 Å². The third-order valence-electron chi connectivity index (χ3n) is 5.31. The van der Waals surface area contributed by atoms with Gasteiger partial charge >= 0.3 is 12.1 Å². The monoisotopic (exact) mass is 476 g/mol. The number of hydrogen-bond donors (Lipinski definition) is 2. The zero-order valence-electron chi connectivity index (χ0n) is 18.1. The van der Waals surface area contributed by atoms with Crippen LogP contribution in [-0.4, -0.2) is 62.2 Å². The fourth-order valence-electron chi connectivity index (χ4n) is 3.45. The van der Waals surface area contributed by atoms with E-state index in [1.54, 1.807) is 4.90 Å². The first kappa shape index (κ1) is 24.3. The fraction of sp³-hybridized carbons (Fsp3) is 0.435. The highest BCUT2D eigenvalue weighted by molar-refractivity contribution is 8.01. The van der Waals surface area contributed by atoms with E-state index >= 15 is 0 Å². The number of benzene rings is 1. The van der Waals surface area contributed by atoms with Gasteiger partial charge in [0.1, 0.15) is 6.10 Å². The molecule has 1 aromatic heterocycles. The Balaban J connectivity index is 1.50. The minimum atomic E-state index is -1.05. The molecule has 1 amide bonds. The van der Waals surface area contributed by atoms with E-state index < -0.39 is 11.6 Å². The van der Waals surface area contributed by atoms with Gasteiger partial charge in [-0.3, -0.25) is 4.90 Å². The molecule has 2 aromatic rings. The van der Waals surface area contributed by atoms with E-state index in [4.69, 9.17) is 9.84 Å². The van der Waals surface area contributed by atoms with Crippen LogP contribution in [0, 0.1) is 0 Å². The number of thioether (sulfide) groups is 1. The van der Waals surface area contributed by atoms with Crippen molar-refractivity contribution >= 4 is 35.2 Å². The Hall–Kier alpha value is -2.36. The second kappa shape index (κ2) is 11.0. The molecule has 9 heteroatoms. The number of aromatic nitrogens is 1. The predicted molar refractivity (Wildman–Crippen MR) is 125 cm³/mol. The maximum atomic E-state index is 12.3. The summed E-state index contributed by atoms with van der Waals surface area (Å²) in [6.07, 6.45) is 5.13. The number of hydrogen-bond acceptors (Lipinski definition) is 7. The minimum Gasteiger partial charge on any atom is -0.476 e.